The van der Waals surface area contributed by atoms with Gasteiger partial charge in [0, 0.05) is 33.0 Å². The number of nitrogens with one attached hydrogen (secondary N) is 1. The van der Waals surface area contributed by atoms with Gasteiger partial charge in [-0.15, -0.1) is 0 Å². The van der Waals surface area contributed by atoms with Gasteiger partial charge in [-0.1, -0.05) is 66.7 Å². The van der Waals surface area contributed by atoms with Crippen LogP contribution in [0.15, 0.2) is 66.7 Å². The number of likely N-dealkylation sites (N-methyl/N-ethyl adjacent to an activating group) is 1. The fourth-order valence-corrected chi connectivity index (χ4v) is 5.13. The minimum atomic E-state index is -0.735. The van der Waals surface area contributed by atoms with Crippen molar-refractivity contribution in [3.05, 3.63) is 83.4 Å². The van der Waals surface area contributed by atoms with Gasteiger partial charge in [0.25, 0.3) is 0 Å². The van der Waals surface area contributed by atoms with Crippen molar-refractivity contribution in [1.82, 2.24) is 15.1 Å². The molecule has 188 valence electrons. The lowest BCUT2D eigenvalue weighted by atomic mass is 9.85. The predicted octanol–water partition coefficient (Wildman–Crippen LogP) is 3.02. The van der Waals surface area contributed by atoms with Crippen molar-refractivity contribution in [2.75, 3.05) is 13.6 Å². The number of rotatable bonds is 9. The van der Waals surface area contributed by atoms with Crippen molar-refractivity contribution >= 4 is 23.6 Å². The number of aryl methyl sites for hydroxylation is 1. The second-order valence-electron chi connectivity index (χ2n) is 9.50. The van der Waals surface area contributed by atoms with Crippen molar-refractivity contribution in [3.63, 3.8) is 0 Å². The zero-order chi connectivity index (χ0) is 25.7. The Hall–Kier alpha value is -3.74. The van der Waals surface area contributed by atoms with E-state index < -0.39 is 6.04 Å². The van der Waals surface area contributed by atoms with Crippen molar-refractivity contribution in [1.29, 1.82) is 0 Å². The third-order valence-electron chi connectivity index (χ3n) is 7.27. The smallest absolute Gasteiger partial charge is 0.242 e. The van der Waals surface area contributed by atoms with Gasteiger partial charge in [0.1, 0.15) is 6.04 Å². The normalized spacial score (nSPS) is 19.7. The highest BCUT2D eigenvalue weighted by Gasteiger charge is 2.47. The molecule has 0 saturated carbocycles. The van der Waals surface area contributed by atoms with E-state index in [0.29, 0.717) is 19.3 Å². The first-order chi connectivity index (χ1) is 17.4. The third-order valence-corrected chi connectivity index (χ3v) is 7.27. The van der Waals surface area contributed by atoms with Gasteiger partial charge < -0.3 is 10.2 Å². The van der Waals surface area contributed by atoms with Crippen LogP contribution in [0.25, 0.3) is 0 Å². The lowest BCUT2D eigenvalue weighted by Crippen LogP contribution is -2.50. The zero-order valence-corrected chi connectivity index (χ0v) is 20.9. The van der Waals surface area contributed by atoms with Crippen LogP contribution in [0.2, 0.25) is 0 Å². The molecule has 3 atom stereocenters. The Labute approximate surface area is 212 Å². The molecule has 1 aliphatic heterocycles. The van der Waals surface area contributed by atoms with E-state index in [-0.39, 0.29) is 55.0 Å². The van der Waals surface area contributed by atoms with E-state index in [1.165, 1.54) is 4.90 Å². The van der Waals surface area contributed by atoms with Gasteiger partial charge in [0.05, 0.1) is 11.8 Å². The molecule has 1 unspecified atom stereocenters. The molecule has 2 aromatic rings. The van der Waals surface area contributed by atoms with Crippen LogP contribution in [0.1, 0.15) is 36.0 Å². The highest BCUT2D eigenvalue weighted by molar-refractivity contribution is 6.05. The van der Waals surface area contributed by atoms with Gasteiger partial charge in [0.15, 0.2) is 0 Å². The van der Waals surface area contributed by atoms with E-state index in [0.717, 1.165) is 16.7 Å². The van der Waals surface area contributed by atoms with E-state index in [4.69, 9.17) is 0 Å². The second-order valence-corrected chi connectivity index (χ2v) is 9.50. The van der Waals surface area contributed by atoms with Gasteiger partial charge in [0.2, 0.25) is 23.6 Å². The van der Waals surface area contributed by atoms with E-state index in [1.807, 2.05) is 73.7 Å². The number of allylic oxidation sites excluding steroid dienone is 2. The lowest BCUT2D eigenvalue weighted by molar-refractivity contribution is -0.144. The number of benzene rings is 2. The molecular weight excluding hydrogens is 454 g/mol. The van der Waals surface area contributed by atoms with Gasteiger partial charge in [-0.25, -0.2) is 0 Å². The molecule has 2 aliphatic rings. The molecule has 36 heavy (non-hydrogen) atoms. The summed E-state index contributed by atoms with van der Waals surface area (Å²) >= 11 is 0. The number of carbonyl (C=O) groups excluding carboxylic acids is 4. The quantitative estimate of drug-likeness (QED) is 0.435. The molecule has 0 aromatic heterocycles. The van der Waals surface area contributed by atoms with Crippen LogP contribution < -0.4 is 5.32 Å². The lowest BCUT2D eigenvalue weighted by Gasteiger charge is -2.32. The van der Waals surface area contributed by atoms with Crippen molar-refractivity contribution in [2.24, 2.45) is 11.8 Å². The predicted molar refractivity (Wildman–Crippen MR) is 136 cm³/mol. The average molecular weight is 488 g/mol. The molecule has 7 heteroatoms. The molecule has 1 N–H and O–H groups in total. The van der Waals surface area contributed by atoms with Gasteiger partial charge >= 0.3 is 0 Å². The number of hydrogen-bond donors (Lipinski definition) is 1. The second kappa shape index (κ2) is 11.3. The molecule has 1 saturated heterocycles. The Kier molecular flexibility index (Phi) is 7.98. The SMILES string of the molecule is CNC(=O)C(Cc1ccccc1)N(Cc1ccccc1C)C(=O)CCN1C(=O)[C@H]2CC=CC[C@H]2C1=O. The fraction of sp³-hybridized carbons (Fsp3) is 0.379. The van der Waals surface area contributed by atoms with Crippen LogP contribution in [0.5, 0.6) is 0 Å². The molecule has 0 spiro atoms. The minimum Gasteiger partial charge on any atom is -0.357 e. The molecule has 0 radical (unpaired) electrons. The van der Waals surface area contributed by atoms with E-state index in [2.05, 4.69) is 5.32 Å². The Morgan fingerprint density at radius 3 is 2.19 bits per heavy atom. The first kappa shape index (κ1) is 25.4. The number of carbonyl (C=O) groups is 4. The van der Waals surface area contributed by atoms with Gasteiger partial charge in [-0.3, -0.25) is 24.1 Å². The summed E-state index contributed by atoms with van der Waals surface area (Å²) in [6, 6.07) is 16.6. The number of amides is 4. The number of imide groups is 1. The summed E-state index contributed by atoms with van der Waals surface area (Å²) < 4.78 is 0. The molecule has 1 fully saturated rings. The highest BCUT2D eigenvalue weighted by atomic mass is 16.2. The van der Waals surface area contributed by atoms with E-state index >= 15 is 0 Å². The standard InChI is InChI=1S/C29H33N3O4/c1-20-10-6-7-13-22(20)19-32(25(27(34)30-2)18-21-11-4-3-5-12-21)26(33)16-17-31-28(35)23-14-8-9-15-24(23)29(31)36/h3-13,23-25H,14-19H2,1-2H3,(H,30,34)/t23-,24+,25?. The Morgan fingerprint density at radius 1 is 0.972 bits per heavy atom. The largest absolute Gasteiger partial charge is 0.357 e. The van der Waals surface area contributed by atoms with Crippen LogP contribution >= 0.6 is 0 Å². The summed E-state index contributed by atoms with van der Waals surface area (Å²) in [5.74, 6) is -1.56. The molecule has 4 amide bonds. The van der Waals surface area contributed by atoms with E-state index in [9.17, 15) is 19.2 Å². The number of nitrogens with zero attached hydrogens (tertiary/aromatic N) is 2. The molecular formula is C29H33N3O4. The summed E-state index contributed by atoms with van der Waals surface area (Å²) in [5.41, 5.74) is 2.90. The topological polar surface area (TPSA) is 86.8 Å². The number of hydrogen-bond acceptors (Lipinski definition) is 4. The number of likely N-dealkylation sites (tertiary alicyclic amines) is 1. The van der Waals surface area contributed by atoms with Crippen molar-refractivity contribution < 1.29 is 19.2 Å². The maximum absolute atomic E-state index is 13.7. The molecule has 4 rings (SSSR count). The average Bonchev–Trinajstić information content (AvgIpc) is 3.15. The maximum Gasteiger partial charge on any atom is 0.242 e. The molecule has 0 bridgehead atoms. The first-order valence-corrected chi connectivity index (χ1v) is 12.5. The van der Waals surface area contributed by atoms with Gasteiger partial charge in [-0.05, 0) is 36.5 Å². The Bertz CT molecular complexity index is 1130. The molecule has 7 nitrogen and oxygen atoms in total. The third kappa shape index (κ3) is 5.40. The number of fused-ring (bicyclic) bond motifs is 1. The summed E-state index contributed by atoms with van der Waals surface area (Å²) in [7, 11) is 1.56. The van der Waals surface area contributed by atoms with Crippen molar-refractivity contribution in [2.45, 2.75) is 45.2 Å². The summed E-state index contributed by atoms with van der Waals surface area (Å²) in [5, 5.41) is 2.71. The maximum atomic E-state index is 13.7. The van der Waals surface area contributed by atoms with Crippen LogP contribution in [-0.4, -0.2) is 53.1 Å². The molecule has 2 aromatic carbocycles. The van der Waals surface area contributed by atoms with Crippen LogP contribution in [0.4, 0.5) is 0 Å². The van der Waals surface area contributed by atoms with Crippen molar-refractivity contribution in [3.8, 4) is 0 Å². The fourth-order valence-electron chi connectivity index (χ4n) is 5.13. The zero-order valence-electron chi connectivity index (χ0n) is 20.9. The first-order valence-electron chi connectivity index (χ1n) is 12.5. The highest BCUT2D eigenvalue weighted by Crippen LogP contribution is 2.35. The van der Waals surface area contributed by atoms with E-state index in [1.54, 1.807) is 11.9 Å². The van der Waals surface area contributed by atoms with Crippen LogP contribution in [0.3, 0.4) is 0 Å². The molecule has 1 aliphatic carbocycles. The Morgan fingerprint density at radius 2 is 1.58 bits per heavy atom. The summed E-state index contributed by atoms with van der Waals surface area (Å²) in [6.07, 6.45) is 5.35. The van der Waals surface area contributed by atoms with Gasteiger partial charge in [-0.2, -0.15) is 0 Å². The van der Waals surface area contributed by atoms with Crippen LogP contribution in [0, 0.1) is 18.8 Å². The summed E-state index contributed by atoms with van der Waals surface area (Å²) in [4.78, 5) is 55.3. The molecule has 1 heterocycles. The Balaban J connectivity index is 1.57. The minimum absolute atomic E-state index is 0.0274. The monoisotopic (exact) mass is 487 g/mol. The van der Waals surface area contributed by atoms with Crippen LogP contribution in [-0.2, 0) is 32.1 Å². The summed E-state index contributed by atoms with van der Waals surface area (Å²) in [6.45, 7) is 2.26.